The molecule has 0 unspecified atom stereocenters. The van der Waals surface area contributed by atoms with E-state index >= 15 is 0 Å². The van der Waals surface area contributed by atoms with Gasteiger partial charge in [-0.05, 0) is 37.9 Å². The van der Waals surface area contributed by atoms with Crippen LogP contribution in [0.3, 0.4) is 0 Å². The first-order chi connectivity index (χ1) is 4.74. The minimum absolute atomic E-state index is 0.497. The molecule has 0 N–H and O–H groups in total. The summed E-state index contributed by atoms with van der Waals surface area (Å²) in [5.74, 6) is 0. The van der Waals surface area contributed by atoms with Crippen LogP contribution in [0.4, 0.5) is 0 Å². The maximum atomic E-state index is 10.1. The SMILES string of the molecule is O=CCc1sc(Br)cc1Br. The third-order valence-electron chi connectivity index (χ3n) is 0.996. The molecular weight excluding hydrogens is 280 g/mol. The van der Waals surface area contributed by atoms with Crippen LogP contribution < -0.4 is 0 Å². The number of aldehydes is 1. The molecule has 0 aliphatic heterocycles. The van der Waals surface area contributed by atoms with Gasteiger partial charge in [0, 0.05) is 15.8 Å². The number of rotatable bonds is 2. The maximum absolute atomic E-state index is 10.1. The predicted octanol–water partition coefficient (Wildman–Crippen LogP) is 3.01. The van der Waals surface area contributed by atoms with Gasteiger partial charge in [-0.25, -0.2) is 0 Å². The quantitative estimate of drug-likeness (QED) is 0.763. The van der Waals surface area contributed by atoms with Gasteiger partial charge in [0.1, 0.15) is 6.29 Å². The van der Waals surface area contributed by atoms with E-state index in [2.05, 4.69) is 31.9 Å². The average molecular weight is 284 g/mol. The molecule has 1 aromatic rings. The summed E-state index contributed by atoms with van der Waals surface area (Å²) in [6, 6.07) is 1.95. The van der Waals surface area contributed by atoms with Crippen LogP contribution in [0, 0.1) is 0 Å². The molecule has 54 valence electrons. The molecule has 1 aromatic heterocycles. The monoisotopic (exact) mass is 282 g/mol. The second-order valence-corrected chi connectivity index (χ2v) is 5.06. The molecule has 0 saturated carbocycles. The Labute approximate surface area is 79.7 Å². The lowest BCUT2D eigenvalue weighted by atomic mass is 10.4. The highest BCUT2D eigenvalue weighted by atomic mass is 79.9. The summed E-state index contributed by atoms with van der Waals surface area (Å²) in [4.78, 5) is 11.2. The second-order valence-electron chi connectivity index (χ2n) is 1.69. The number of carbonyl (C=O) groups excluding carboxylic acids is 1. The van der Waals surface area contributed by atoms with Crippen LogP contribution in [0.25, 0.3) is 0 Å². The average Bonchev–Trinajstić information content (AvgIpc) is 2.13. The molecule has 10 heavy (non-hydrogen) atoms. The predicted molar refractivity (Wildman–Crippen MR) is 49.5 cm³/mol. The molecule has 0 atom stereocenters. The van der Waals surface area contributed by atoms with Gasteiger partial charge in [0.15, 0.2) is 0 Å². The molecule has 0 amide bonds. The van der Waals surface area contributed by atoms with Gasteiger partial charge in [-0.15, -0.1) is 11.3 Å². The van der Waals surface area contributed by atoms with Crippen molar-refractivity contribution in [2.24, 2.45) is 0 Å². The summed E-state index contributed by atoms with van der Waals surface area (Å²) in [5, 5.41) is 0. The second kappa shape index (κ2) is 3.64. The third kappa shape index (κ3) is 1.90. The molecule has 0 saturated heterocycles. The summed E-state index contributed by atoms with van der Waals surface area (Å²) in [7, 11) is 0. The summed E-state index contributed by atoms with van der Waals surface area (Å²) in [6.45, 7) is 0. The Morgan fingerprint density at radius 1 is 1.60 bits per heavy atom. The van der Waals surface area contributed by atoms with Crippen molar-refractivity contribution in [1.82, 2.24) is 0 Å². The molecule has 0 radical (unpaired) electrons. The Morgan fingerprint density at radius 2 is 2.30 bits per heavy atom. The first-order valence-electron chi connectivity index (χ1n) is 2.61. The van der Waals surface area contributed by atoms with Crippen molar-refractivity contribution < 1.29 is 4.79 Å². The van der Waals surface area contributed by atoms with Crippen molar-refractivity contribution in [3.05, 3.63) is 19.2 Å². The molecular formula is C6H4Br2OS. The van der Waals surface area contributed by atoms with E-state index in [1.165, 1.54) is 0 Å². The molecule has 4 heteroatoms. The number of carbonyl (C=O) groups is 1. The molecule has 0 spiro atoms. The van der Waals surface area contributed by atoms with Crippen LogP contribution in [0.15, 0.2) is 14.3 Å². The Morgan fingerprint density at radius 3 is 2.70 bits per heavy atom. The lowest BCUT2D eigenvalue weighted by molar-refractivity contribution is -0.107. The third-order valence-corrected chi connectivity index (χ3v) is 3.63. The summed E-state index contributed by atoms with van der Waals surface area (Å²) < 4.78 is 2.06. The molecule has 0 bridgehead atoms. The van der Waals surface area contributed by atoms with Crippen LogP contribution in [-0.2, 0) is 11.2 Å². The van der Waals surface area contributed by atoms with Crippen molar-refractivity contribution in [2.45, 2.75) is 6.42 Å². The van der Waals surface area contributed by atoms with E-state index in [0.29, 0.717) is 6.42 Å². The summed E-state index contributed by atoms with van der Waals surface area (Å²) in [6.07, 6.45) is 1.40. The zero-order chi connectivity index (χ0) is 7.56. The van der Waals surface area contributed by atoms with Crippen molar-refractivity contribution >= 4 is 49.5 Å². The van der Waals surface area contributed by atoms with E-state index in [9.17, 15) is 4.79 Å². The van der Waals surface area contributed by atoms with E-state index in [-0.39, 0.29) is 0 Å². The van der Waals surface area contributed by atoms with Gasteiger partial charge in [-0.1, -0.05) is 0 Å². The number of hydrogen-bond donors (Lipinski definition) is 0. The zero-order valence-electron chi connectivity index (χ0n) is 4.93. The molecule has 0 aromatic carbocycles. The van der Waals surface area contributed by atoms with Crippen molar-refractivity contribution in [1.29, 1.82) is 0 Å². The fourth-order valence-electron chi connectivity index (χ4n) is 0.591. The summed E-state index contributed by atoms with van der Waals surface area (Å²) in [5.41, 5.74) is 0. The minimum Gasteiger partial charge on any atom is -0.303 e. The van der Waals surface area contributed by atoms with E-state index < -0.39 is 0 Å². The number of hydrogen-bond acceptors (Lipinski definition) is 2. The van der Waals surface area contributed by atoms with Gasteiger partial charge in [-0.2, -0.15) is 0 Å². The lowest BCUT2D eigenvalue weighted by Gasteiger charge is -1.85. The smallest absolute Gasteiger partial charge is 0.125 e. The first-order valence-corrected chi connectivity index (χ1v) is 5.01. The van der Waals surface area contributed by atoms with Gasteiger partial charge in [0.05, 0.1) is 3.79 Å². The van der Waals surface area contributed by atoms with Crippen LogP contribution >= 0.6 is 43.2 Å². The Hall–Kier alpha value is 0.330. The maximum Gasteiger partial charge on any atom is 0.125 e. The van der Waals surface area contributed by atoms with Crippen LogP contribution in [0.1, 0.15) is 4.88 Å². The Balaban J connectivity index is 2.91. The minimum atomic E-state index is 0.497. The van der Waals surface area contributed by atoms with Gasteiger partial charge in [-0.3, -0.25) is 0 Å². The Kier molecular flexibility index (Phi) is 3.07. The highest BCUT2D eigenvalue weighted by Crippen LogP contribution is 2.30. The van der Waals surface area contributed by atoms with Crippen LogP contribution in [0.5, 0.6) is 0 Å². The molecule has 1 nitrogen and oxygen atoms in total. The van der Waals surface area contributed by atoms with E-state index in [4.69, 9.17) is 0 Å². The molecule has 0 aliphatic carbocycles. The van der Waals surface area contributed by atoms with Gasteiger partial charge >= 0.3 is 0 Å². The summed E-state index contributed by atoms with van der Waals surface area (Å²) >= 11 is 8.24. The van der Waals surface area contributed by atoms with Gasteiger partial charge in [0.25, 0.3) is 0 Å². The van der Waals surface area contributed by atoms with Crippen LogP contribution in [0.2, 0.25) is 0 Å². The number of thiophene rings is 1. The molecule has 1 heterocycles. The van der Waals surface area contributed by atoms with Crippen LogP contribution in [-0.4, -0.2) is 6.29 Å². The largest absolute Gasteiger partial charge is 0.303 e. The van der Waals surface area contributed by atoms with Crippen molar-refractivity contribution in [2.75, 3.05) is 0 Å². The lowest BCUT2D eigenvalue weighted by Crippen LogP contribution is -1.78. The van der Waals surface area contributed by atoms with Gasteiger partial charge < -0.3 is 4.79 Å². The fourth-order valence-corrected chi connectivity index (χ4v) is 3.22. The number of halogens is 2. The Bertz CT molecular complexity index is 244. The highest BCUT2D eigenvalue weighted by molar-refractivity contribution is 9.11. The van der Waals surface area contributed by atoms with E-state index in [1.54, 1.807) is 11.3 Å². The highest BCUT2D eigenvalue weighted by Gasteiger charge is 2.02. The van der Waals surface area contributed by atoms with Gasteiger partial charge in [0.2, 0.25) is 0 Å². The first kappa shape index (κ1) is 8.43. The topological polar surface area (TPSA) is 17.1 Å². The zero-order valence-corrected chi connectivity index (χ0v) is 8.92. The molecule has 0 aliphatic rings. The van der Waals surface area contributed by atoms with E-state index in [0.717, 1.165) is 19.4 Å². The van der Waals surface area contributed by atoms with Crippen molar-refractivity contribution in [3.63, 3.8) is 0 Å². The molecule has 0 fully saturated rings. The fraction of sp³-hybridized carbons (Fsp3) is 0.167. The molecule has 1 rings (SSSR count). The normalized spacial score (nSPS) is 9.80. The van der Waals surface area contributed by atoms with Crippen molar-refractivity contribution in [3.8, 4) is 0 Å². The van der Waals surface area contributed by atoms with E-state index in [1.807, 2.05) is 6.07 Å². The standard InChI is InChI=1S/C6H4Br2OS/c7-4-3-6(8)10-5(4)1-2-9/h2-3H,1H2.